The Morgan fingerprint density at radius 2 is 2.06 bits per heavy atom. The molecule has 0 aliphatic carbocycles. The first-order chi connectivity index (χ1) is 8.78. The molecule has 0 aliphatic rings. The van der Waals surface area contributed by atoms with Crippen molar-refractivity contribution < 1.29 is 4.39 Å². The standard InChI is InChI=1S/C14H12FNS2/c15-12-3-5-13(6-4-12)18-10-14-8-11(9-17-14)2-1-7-16/h3-6,8-9H,7,10,16H2. The molecule has 2 aromatic rings. The molecule has 0 saturated heterocycles. The second-order valence-electron chi connectivity index (χ2n) is 3.55. The summed E-state index contributed by atoms with van der Waals surface area (Å²) in [6, 6.07) is 8.62. The van der Waals surface area contributed by atoms with E-state index < -0.39 is 0 Å². The van der Waals surface area contributed by atoms with Gasteiger partial charge >= 0.3 is 0 Å². The van der Waals surface area contributed by atoms with Crippen LogP contribution >= 0.6 is 23.1 Å². The summed E-state index contributed by atoms with van der Waals surface area (Å²) in [5.41, 5.74) is 6.34. The largest absolute Gasteiger partial charge is 0.320 e. The highest BCUT2D eigenvalue weighted by molar-refractivity contribution is 7.98. The molecule has 1 aromatic heterocycles. The zero-order valence-electron chi connectivity index (χ0n) is 9.65. The molecule has 2 rings (SSSR count). The predicted molar refractivity (Wildman–Crippen MR) is 76.2 cm³/mol. The average Bonchev–Trinajstić information content (AvgIpc) is 2.84. The first-order valence-corrected chi connectivity index (χ1v) is 7.29. The van der Waals surface area contributed by atoms with Crippen LogP contribution in [0.25, 0.3) is 0 Å². The molecule has 0 atom stereocenters. The molecule has 0 bridgehead atoms. The molecule has 0 fully saturated rings. The van der Waals surface area contributed by atoms with Crippen LogP contribution < -0.4 is 5.73 Å². The van der Waals surface area contributed by atoms with Crippen molar-refractivity contribution in [2.24, 2.45) is 5.73 Å². The van der Waals surface area contributed by atoms with Gasteiger partial charge in [0.2, 0.25) is 0 Å². The Morgan fingerprint density at radius 1 is 1.28 bits per heavy atom. The second kappa shape index (κ2) is 6.60. The molecule has 0 aliphatic heterocycles. The zero-order valence-corrected chi connectivity index (χ0v) is 11.3. The summed E-state index contributed by atoms with van der Waals surface area (Å²) in [6.45, 7) is 0.384. The SMILES string of the molecule is NCC#Cc1csc(CSc2ccc(F)cc2)c1. The van der Waals surface area contributed by atoms with Crippen molar-refractivity contribution >= 4 is 23.1 Å². The van der Waals surface area contributed by atoms with Crippen LogP contribution in [-0.2, 0) is 5.75 Å². The highest BCUT2D eigenvalue weighted by Crippen LogP contribution is 2.26. The fraction of sp³-hybridized carbons (Fsp3) is 0.143. The van der Waals surface area contributed by atoms with Crippen LogP contribution in [0, 0.1) is 17.7 Å². The number of benzene rings is 1. The molecule has 0 spiro atoms. The van der Waals surface area contributed by atoms with Gasteiger partial charge in [-0.05, 0) is 30.3 Å². The lowest BCUT2D eigenvalue weighted by Crippen LogP contribution is -1.92. The van der Waals surface area contributed by atoms with E-state index in [2.05, 4.69) is 17.9 Å². The van der Waals surface area contributed by atoms with Crippen LogP contribution in [0.3, 0.4) is 0 Å². The van der Waals surface area contributed by atoms with Gasteiger partial charge in [-0.3, -0.25) is 0 Å². The topological polar surface area (TPSA) is 26.0 Å². The highest BCUT2D eigenvalue weighted by Gasteiger charge is 2.00. The van der Waals surface area contributed by atoms with Crippen LogP contribution in [0.4, 0.5) is 4.39 Å². The quantitative estimate of drug-likeness (QED) is 0.686. The molecule has 0 saturated carbocycles. The van der Waals surface area contributed by atoms with E-state index in [1.54, 1.807) is 35.2 Å². The highest BCUT2D eigenvalue weighted by atomic mass is 32.2. The van der Waals surface area contributed by atoms with E-state index in [9.17, 15) is 4.39 Å². The van der Waals surface area contributed by atoms with Crippen molar-refractivity contribution in [3.05, 3.63) is 52.0 Å². The van der Waals surface area contributed by atoms with Crippen LogP contribution in [0.5, 0.6) is 0 Å². The fourth-order valence-corrected chi connectivity index (χ4v) is 3.13. The third-order valence-electron chi connectivity index (χ3n) is 2.18. The molecule has 18 heavy (non-hydrogen) atoms. The average molecular weight is 277 g/mol. The van der Waals surface area contributed by atoms with E-state index in [0.717, 1.165) is 16.2 Å². The molecule has 0 unspecified atom stereocenters. The van der Waals surface area contributed by atoms with E-state index in [-0.39, 0.29) is 5.82 Å². The number of hydrogen-bond donors (Lipinski definition) is 1. The van der Waals surface area contributed by atoms with Crippen LogP contribution in [0.15, 0.2) is 40.6 Å². The Kier molecular flexibility index (Phi) is 4.82. The number of thioether (sulfide) groups is 1. The van der Waals surface area contributed by atoms with Gasteiger partial charge in [-0.2, -0.15) is 0 Å². The first-order valence-electron chi connectivity index (χ1n) is 5.42. The Bertz CT molecular complexity index is 563. The third-order valence-corrected chi connectivity index (χ3v) is 4.36. The number of halogens is 1. The van der Waals surface area contributed by atoms with Crippen LogP contribution in [-0.4, -0.2) is 6.54 Å². The van der Waals surface area contributed by atoms with Crippen LogP contribution in [0.1, 0.15) is 10.4 Å². The Hall–Kier alpha value is -1.28. The van der Waals surface area contributed by atoms with Gasteiger partial charge in [-0.25, -0.2) is 4.39 Å². The van der Waals surface area contributed by atoms with Crippen molar-refractivity contribution in [3.63, 3.8) is 0 Å². The van der Waals surface area contributed by atoms with Crippen LogP contribution in [0.2, 0.25) is 0 Å². The van der Waals surface area contributed by atoms with Gasteiger partial charge in [0, 0.05) is 26.5 Å². The normalized spacial score (nSPS) is 9.89. The molecule has 1 nitrogen and oxygen atoms in total. The van der Waals surface area contributed by atoms with E-state index in [0.29, 0.717) is 6.54 Å². The molecular formula is C14H12FNS2. The second-order valence-corrected chi connectivity index (χ2v) is 5.59. The molecule has 92 valence electrons. The molecule has 2 N–H and O–H groups in total. The maximum atomic E-state index is 12.7. The zero-order chi connectivity index (χ0) is 12.8. The van der Waals surface area contributed by atoms with Gasteiger partial charge in [-0.1, -0.05) is 11.8 Å². The monoisotopic (exact) mass is 277 g/mol. The van der Waals surface area contributed by atoms with E-state index >= 15 is 0 Å². The van der Waals surface area contributed by atoms with E-state index in [1.807, 2.05) is 5.38 Å². The molecule has 0 amide bonds. The van der Waals surface area contributed by atoms with Crippen molar-refractivity contribution in [1.29, 1.82) is 0 Å². The summed E-state index contributed by atoms with van der Waals surface area (Å²) in [6.07, 6.45) is 0. The van der Waals surface area contributed by atoms with Gasteiger partial charge in [0.1, 0.15) is 5.82 Å². The minimum Gasteiger partial charge on any atom is -0.320 e. The Balaban J connectivity index is 1.94. The maximum Gasteiger partial charge on any atom is 0.123 e. The fourth-order valence-electron chi connectivity index (χ4n) is 1.36. The summed E-state index contributed by atoms with van der Waals surface area (Å²) in [5.74, 6) is 6.52. The summed E-state index contributed by atoms with van der Waals surface area (Å²) in [4.78, 5) is 2.32. The number of thiophene rings is 1. The summed E-state index contributed by atoms with van der Waals surface area (Å²) in [7, 11) is 0. The first kappa shape index (κ1) is 13.2. The van der Waals surface area contributed by atoms with Crippen molar-refractivity contribution in [3.8, 4) is 11.8 Å². The lowest BCUT2D eigenvalue weighted by atomic mass is 10.3. The van der Waals surface area contributed by atoms with Crippen molar-refractivity contribution in [2.45, 2.75) is 10.6 Å². The number of hydrogen-bond acceptors (Lipinski definition) is 3. The number of nitrogens with two attached hydrogens (primary N) is 1. The van der Waals surface area contributed by atoms with Gasteiger partial charge < -0.3 is 5.73 Å². The summed E-state index contributed by atoms with van der Waals surface area (Å²) in [5, 5.41) is 2.03. The summed E-state index contributed by atoms with van der Waals surface area (Å²) >= 11 is 3.37. The van der Waals surface area contributed by atoms with Crippen molar-refractivity contribution in [2.75, 3.05) is 6.54 Å². The van der Waals surface area contributed by atoms with E-state index in [4.69, 9.17) is 5.73 Å². The predicted octanol–water partition coefficient (Wildman–Crippen LogP) is 3.49. The minimum atomic E-state index is -0.199. The Morgan fingerprint density at radius 3 is 2.78 bits per heavy atom. The van der Waals surface area contributed by atoms with Gasteiger partial charge in [0.05, 0.1) is 6.54 Å². The lowest BCUT2D eigenvalue weighted by molar-refractivity contribution is 0.626. The molecular weight excluding hydrogens is 265 g/mol. The summed E-state index contributed by atoms with van der Waals surface area (Å²) < 4.78 is 12.7. The molecule has 0 radical (unpaired) electrons. The third kappa shape index (κ3) is 3.88. The van der Waals surface area contributed by atoms with Gasteiger partial charge in [-0.15, -0.1) is 23.1 Å². The lowest BCUT2D eigenvalue weighted by Gasteiger charge is -1.98. The smallest absolute Gasteiger partial charge is 0.123 e. The van der Waals surface area contributed by atoms with Gasteiger partial charge in [0.15, 0.2) is 0 Å². The van der Waals surface area contributed by atoms with Crippen molar-refractivity contribution in [1.82, 2.24) is 0 Å². The van der Waals surface area contributed by atoms with Gasteiger partial charge in [0.25, 0.3) is 0 Å². The Labute approximate surface area is 114 Å². The van der Waals surface area contributed by atoms with E-state index in [1.165, 1.54) is 17.0 Å². The number of rotatable bonds is 3. The molecule has 1 heterocycles. The molecule has 1 aromatic carbocycles. The molecule has 4 heteroatoms. The minimum absolute atomic E-state index is 0.199. The maximum absolute atomic E-state index is 12.7.